The van der Waals surface area contributed by atoms with Crippen molar-refractivity contribution in [3.8, 4) is 21.8 Å². The van der Waals surface area contributed by atoms with Crippen LogP contribution in [0.3, 0.4) is 0 Å². The molecule has 0 fully saturated rings. The van der Waals surface area contributed by atoms with E-state index in [0.717, 1.165) is 23.2 Å². The summed E-state index contributed by atoms with van der Waals surface area (Å²) in [4.78, 5) is 19.7. The van der Waals surface area contributed by atoms with Crippen LogP contribution in [0.5, 0.6) is 0 Å². The second kappa shape index (κ2) is 6.17. The highest BCUT2D eigenvalue weighted by Gasteiger charge is 2.16. The molecule has 0 aliphatic rings. The first kappa shape index (κ1) is 16.7. The molecule has 1 N–H and O–H groups in total. The first-order chi connectivity index (χ1) is 12.5. The van der Waals surface area contributed by atoms with Crippen molar-refractivity contribution in [2.45, 2.75) is 19.9 Å². The fraction of sp³-hybridized carbons (Fsp3) is 0.158. The molecule has 0 atom stereocenters. The molecule has 7 heteroatoms. The summed E-state index contributed by atoms with van der Waals surface area (Å²) in [5.41, 5.74) is 3.35. The maximum Gasteiger partial charge on any atom is 0.326 e. The Balaban J connectivity index is 1.84. The van der Waals surface area contributed by atoms with Crippen LogP contribution in [0.2, 0.25) is 0 Å². The number of hydrogen-bond donors (Lipinski definition) is 1. The van der Waals surface area contributed by atoms with Crippen molar-refractivity contribution in [2.24, 2.45) is 0 Å². The van der Waals surface area contributed by atoms with Gasteiger partial charge in [0.1, 0.15) is 5.01 Å². The maximum atomic E-state index is 13.5. The van der Waals surface area contributed by atoms with Crippen molar-refractivity contribution in [1.82, 2.24) is 14.5 Å². The third kappa shape index (κ3) is 2.64. The number of H-pyrrole nitrogens is 1. The van der Waals surface area contributed by atoms with Crippen LogP contribution < -0.4 is 5.69 Å². The van der Waals surface area contributed by atoms with E-state index in [1.54, 1.807) is 4.57 Å². The van der Waals surface area contributed by atoms with E-state index in [1.807, 2.05) is 37.4 Å². The Labute approximate surface area is 151 Å². The molecule has 4 rings (SSSR count). The van der Waals surface area contributed by atoms with E-state index in [4.69, 9.17) is 0 Å². The van der Waals surface area contributed by atoms with Crippen LogP contribution in [0, 0.1) is 11.6 Å². The minimum atomic E-state index is -0.903. The van der Waals surface area contributed by atoms with Crippen molar-refractivity contribution in [1.29, 1.82) is 0 Å². The smallest absolute Gasteiger partial charge is 0.305 e. The molecule has 0 bridgehead atoms. The third-order valence-corrected chi connectivity index (χ3v) is 5.11. The van der Waals surface area contributed by atoms with Gasteiger partial charge in [-0.3, -0.25) is 4.57 Å². The van der Waals surface area contributed by atoms with E-state index in [9.17, 15) is 13.6 Å². The second-order valence-corrected chi connectivity index (χ2v) is 7.12. The number of nitrogens with one attached hydrogen (secondary N) is 1. The van der Waals surface area contributed by atoms with Crippen LogP contribution in [0.4, 0.5) is 8.78 Å². The van der Waals surface area contributed by atoms with Gasteiger partial charge in [-0.15, -0.1) is 11.3 Å². The average molecular weight is 371 g/mol. The van der Waals surface area contributed by atoms with Gasteiger partial charge in [0, 0.05) is 22.5 Å². The Morgan fingerprint density at radius 1 is 1.15 bits per heavy atom. The summed E-state index contributed by atoms with van der Waals surface area (Å²) in [6.07, 6.45) is 0. The lowest BCUT2D eigenvalue weighted by molar-refractivity contribution is 0.509. The summed E-state index contributed by atoms with van der Waals surface area (Å²) in [7, 11) is 0. The molecule has 0 saturated heterocycles. The summed E-state index contributed by atoms with van der Waals surface area (Å²) in [5, 5.41) is 2.43. The summed E-state index contributed by atoms with van der Waals surface area (Å²) in [5.74, 6) is -1.79. The predicted molar refractivity (Wildman–Crippen MR) is 99.4 cm³/mol. The van der Waals surface area contributed by atoms with Crippen molar-refractivity contribution >= 4 is 22.4 Å². The fourth-order valence-corrected chi connectivity index (χ4v) is 3.85. The number of benzene rings is 2. The number of para-hydroxylation sites is 1. The van der Waals surface area contributed by atoms with Crippen molar-refractivity contribution in [2.75, 3.05) is 0 Å². The lowest BCUT2D eigenvalue weighted by Crippen LogP contribution is -2.18. The molecule has 2 aromatic heterocycles. The number of rotatable bonds is 3. The van der Waals surface area contributed by atoms with Gasteiger partial charge in [-0.05, 0) is 38.1 Å². The first-order valence-electron chi connectivity index (χ1n) is 8.10. The number of aromatic amines is 1. The summed E-state index contributed by atoms with van der Waals surface area (Å²) >= 11 is 1.34. The minimum absolute atomic E-state index is 0.0275. The van der Waals surface area contributed by atoms with E-state index >= 15 is 0 Å². The number of fused-ring (bicyclic) bond motifs is 1. The van der Waals surface area contributed by atoms with E-state index in [0.29, 0.717) is 21.8 Å². The first-order valence-corrected chi connectivity index (χ1v) is 8.98. The van der Waals surface area contributed by atoms with Crippen molar-refractivity contribution < 1.29 is 8.78 Å². The summed E-state index contributed by atoms with van der Waals surface area (Å²) in [6, 6.07) is 9.40. The Hall–Kier alpha value is -2.80. The highest BCUT2D eigenvalue weighted by Crippen LogP contribution is 2.32. The zero-order valence-corrected chi connectivity index (χ0v) is 14.9. The molecule has 0 amide bonds. The molecule has 2 heterocycles. The van der Waals surface area contributed by atoms with Crippen LogP contribution in [0.15, 0.2) is 46.6 Å². The number of aromatic nitrogens is 3. The molecule has 0 aliphatic carbocycles. The minimum Gasteiger partial charge on any atom is -0.305 e. The second-order valence-electron chi connectivity index (χ2n) is 6.26. The van der Waals surface area contributed by atoms with E-state index in [1.165, 1.54) is 17.4 Å². The largest absolute Gasteiger partial charge is 0.326 e. The van der Waals surface area contributed by atoms with Gasteiger partial charge in [-0.1, -0.05) is 12.1 Å². The van der Waals surface area contributed by atoms with Crippen LogP contribution in [0.25, 0.3) is 32.9 Å². The van der Waals surface area contributed by atoms with Gasteiger partial charge in [-0.2, -0.15) is 0 Å². The Morgan fingerprint density at radius 3 is 2.69 bits per heavy atom. The standard InChI is InChI=1S/C19H15F2N3OS/c1-10(2)24-16-5-3-4-12(17(16)23-19(24)25)15-9-26-18(22-15)11-6-7-13(20)14(21)8-11/h3-10H,1-2H3,(H,23,25). The Bertz CT molecular complexity index is 1170. The maximum absolute atomic E-state index is 13.5. The van der Waals surface area contributed by atoms with Gasteiger partial charge in [-0.25, -0.2) is 18.6 Å². The molecule has 0 unspecified atom stereocenters. The topological polar surface area (TPSA) is 50.7 Å². The average Bonchev–Trinajstić information content (AvgIpc) is 3.20. The van der Waals surface area contributed by atoms with E-state index in [-0.39, 0.29) is 11.7 Å². The lowest BCUT2D eigenvalue weighted by atomic mass is 10.1. The summed E-state index contributed by atoms with van der Waals surface area (Å²) < 4.78 is 28.3. The normalized spacial score (nSPS) is 11.6. The van der Waals surface area contributed by atoms with Gasteiger partial charge >= 0.3 is 5.69 Å². The van der Waals surface area contributed by atoms with Crippen molar-refractivity contribution in [3.63, 3.8) is 0 Å². The molecule has 0 spiro atoms. The molecule has 0 aliphatic heterocycles. The molecule has 0 saturated carbocycles. The SMILES string of the molecule is CC(C)n1c(=O)[nH]c2c(-c3csc(-c4ccc(F)c(F)c4)n3)cccc21. The predicted octanol–water partition coefficient (Wildman–Crippen LogP) is 4.98. The number of halogens is 2. The number of imidazole rings is 1. The molecular weight excluding hydrogens is 356 g/mol. The van der Waals surface area contributed by atoms with E-state index in [2.05, 4.69) is 9.97 Å². The van der Waals surface area contributed by atoms with Gasteiger partial charge in [0.2, 0.25) is 0 Å². The highest BCUT2D eigenvalue weighted by molar-refractivity contribution is 7.13. The lowest BCUT2D eigenvalue weighted by Gasteiger charge is -2.07. The molecular formula is C19H15F2N3OS. The van der Waals surface area contributed by atoms with Gasteiger partial charge < -0.3 is 4.98 Å². The molecule has 26 heavy (non-hydrogen) atoms. The highest BCUT2D eigenvalue weighted by atomic mass is 32.1. The van der Waals surface area contributed by atoms with Crippen LogP contribution in [-0.4, -0.2) is 14.5 Å². The van der Waals surface area contributed by atoms with Crippen LogP contribution >= 0.6 is 11.3 Å². The Morgan fingerprint density at radius 2 is 1.96 bits per heavy atom. The van der Waals surface area contributed by atoms with Crippen LogP contribution in [-0.2, 0) is 0 Å². The zero-order chi connectivity index (χ0) is 18.4. The van der Waals surface area contributed by atoms with Gasteiger partial charge in [0.25, 0.3) is 0 Å². The zero-order valence-electron chi connectivity index (χ0n) is 14.1. The van der Waals surface area contributed by atoms with E-state index < -0.39 is 11.6 Å². The quantitative estimate of drug-likeness (QED) is 0.552. The third-order valence-electron chi connectivity index (χ3n) is 4.22. The van der Waals surface area contributed by atoms with Gasteiger partial charge in [0.15, 0.2) is 11.6 Å². The molecule has 4 aromatic rings. The molecule has 0 radical (unpaired) electrons. The number of nitrogens with zero attached hydrogens (tertiary/aromatic N) is 2. The summed E-state index contributed by atoms with van der Waals surface area (Å²) in [6.45, 7) is 3.90. The van der Waals surface area contributed by atoms with Gasteiger partial charge in [0.05, 0.1) is 16.7 Å². The number of thiazole rings is 1. The Kier molecular flexibility index (Phi) is 3.96. The molecule has 4 nitrogen and oxygen atoms in total. The molecule has 2 aromatic carbocycles. The van der Waals surface area contributed by atoms with Crippen LogP contribution in [0.1, 0.15) is 19.9 Å². The monoisotopic (exact) mass is 371 g/mol. The fourth-order valence-electron chi connectivity index (χ4n) is 3.03. The molecule has 132 valence electrons. The van der Waals surface area contributed by atoms with Crippen molar-refractivity contribution in [3.05, 3.63) is 63.9 Å². The number of hydrogen-bond acceptors (Lipinski definition) is 3.